The van der Waals surface area contributed by atoms with Gasteiger partial charge in [-0.25, -0.2) is 4.39 Å². The Kier molecular flexibility index (Phi) is 7.75. The van der Waals surface area contributed by atoms with E-state index in [2.05, 4.69) is 15.5 Å². The molecule has 1 heterocycles. The summed E-state index contributed by atoms with van der Waals surface area (Å²) in [5, 5.41) is 11.9. The van der Waals surface area contributed by atoms with Gasteiger partial charge in [-0.1, -0.05) is 23.4 Å². The highest BCUT2D eigenvalue weighted by molar-refractivity contribution is 7.99. The van der Waals surface area contributed by atoms with Crippen LogP contribution in [0.3, 0.4) is 0 Å². The summed E-state index contributed by atoms with van der Waals surface area (Å²) < 4.78 is 26.2. The predicted octanol–water partition coefficient (Wildman–Crippen LogP) is 4.97. The van der Waals surface area contributed by atoms with E-state index >= 15 is 0 Å². The summed E-state index contributed by atoms with van der Waals surface area (Å²) in [4.78, 5) is 12.3. The molecule has 3 rings (SSSR count). The van der Waals surface area contributed by atoms with E-state index in [4.69, 9.17) is 21.1 Å². The van der Waals surface area contributed by atoms with Gasteiger partial charge in [0, 0.05) is 6.54 Å². The van der Waals surface area contributed by atoms with E-state index in [1.54, 1.807) is 7.11 Å². The molecule has 1 amide bonds. The standard InChI is InChI=1S/C21H22ClFN4O3S/c1-4-27-20(13(2)30-16-8-6-15(29-3)7-9-16)25-26-21(27)31-12-19(28)24-18-10-5-14(23)11-17(18)22/h5-11,13H,4,12H2,1-3H3,(H,24,28). The zero-order valence-electron chi connectivity index (χ0n) is 17.3. The number of benzene rings is 2. The summed E-state index contributed by atoms with van der Waals surface area (Å²) in [5.74, 6) is 1.43. The number of carbonyl (C=O) groups excluding carboxylic acids is 1. The minimum Gasteiger partial charge on any atom is -0.497 e. The van der Waals surface area contributed by atoms with Crippen molar-refractivity contribution in [3.8, 4) is 11.5 Å². The molecule has 0 aliphatic carbocycles. The van der Waals surface area contributed by atoms with Gasteiger partial charge in [-0.2, -0.15) is 0 Å². The van der Waals surface area contributed by atoms with Crippen LogP contribution < -0.4 is 14.8 Å². The summed E-state index contributed by atoms with van der Waals surface area (Å²) in [6.07, 6.45) is -0.345. The highest BCUT2D eigenvalue weighted by Gasteiger charge is 2.19. The summed E-state index contributed by atoms with van der Waals surface area (Å²) in [6.45, 7) is 4.47. The maximum atomic E-state index is 13.1. The molecule has 1 atom stereocenters. The fraction of sp³-hybridized carbons (Fsp3) is 0.286. The van der Waals surface area contributed by atoms with E-state index in [0.717, 1.165) is 11.8 Å². The van der Waals surface area contributed by atoms with Crippen molar-refractivity contribution < 1.29 is 18.7 Å². The van der Waals surface area contributed by atoms with Crippen molar-refractivity contribution in [2.75, 3.05) is 18.2 Å². The van der Waals surface area contributed by atoms with Crippen LogP contribution in [0.15, 0.2) is 47.6 Å². The number of carbonyl (C=O) groups is 1. The first-order valence-corrected chi connectivity index (χ1v) is 10.9. The van der Waals surface area contributed by atoms with E-state index in [-0.39, 0.29) is 22.8 Å². The number of halogens is 2. The van der Waals surface area contributed by atoms with Crippen LogP contribution in [0.4, 0.5) is 10.1 Å². The second-order valence-corrected chi connectivity index (χ2v) is 7.83. The largest absolute Gasteiger partial charge is 0.497 e. The van der Waals surface area contributed by atoms with Crippen molar-refractivity contribution in [3.05, 3.63) is 59.1 Å². The van der Waals surface area contributed by atoms with Gasteiger partial charge in [0.15, 0.2) is 17.1 Å². The summed E-state index contributed by atoms with van der Waals surface area (Å²) in [7, 11) is 1.61. The van der Waals surface area contributed by atoms with E-state index < -0.39 is 5.82 Å². The molecular formula is C21H22ClFN4O3S. The minimum atomic E-state index is -0.466. The third-order valence-electron chi connectivity index (χ3n) is 4.34. The molecule has 0 bridgehead atoms. The van der Waals surface area contributed by atoms with Crippen molar-refractivity contribution in [1.82, 2.24) is 14.8 Å². The number of hydrogen-bond donors (Lipinski definition) is 1. The average molecular weight is 465 g/mol. The van der Waals surface area contributed by atoms with Gasteiger partial charge in [0.1, 0.15) is 17.3 Å². The highest BCUT2D eigenvalue weighted by Crippen LogP contribution is 2.27. The predicted molar refractivity (Wildman–Crippen MR) is 118 cm³/mol. The first kappa shape index (κ1) is 22.9. The summed E-state index contributed by atoms with van der Waals surface area (Å²) in [6, 6.07) is 11.1. The number of rotatable bonds is 9. The molecule has 0 fully saturated rings. The molecule has 3 aromatic rings. The molecule has 31 heavy (non-hydrogen) atoms. The third-order valence-corrected chi connectivity index (χ3v) is 5.61. The molecule has 0 spiro atoms. The van der Waals surface area contributed by atoms with Crippen molar-refractivity contribution >= 4 is 35.0 Å². The molecule has 164 valence electrons. The molecule has 1 N–H and O–H groups in total. The first-order chi connectivity index (χ1) is 14.9. The van der Waals surface area contributed by atoms with Crippen LogP contribution in [-0.4, -0.2) is 33.5 Å². The fourth-order valence-electron chi connectivity index (χ4n) is 2.82. The van der Waals surface area contributed by atoms with Gasteiger partial charge in [0.2, 0.25) is 5.91 Å². The molecule has 2 aromatic carbocycles. The molecule has 7 nitrogen and oxygen atoms in total. The monoisotopic (exact) mass is 464 g/mol. The third kappa shape index (κ3) is 5.89. The lowest BCUT2D eigenvalue weighted by Gasteiger charge is -2.16. The lowest BCUT2D eigenvalue weighted by Crippen LogP contribution is -2.15. The van der Waals surface area contributed by atoms with Crippen LogP contribution in [0.25, 0.3) is 0 Å². The zero-order valence-corrected chi connectivity index (χ0v) is 18.8. The molecule has 0 saturated heterocycles. The Hall–Kier alpha value is -2.78. The molecule has 0 radical (unpaired) electrons. The Balaban J connectivity index is 1.62. The van der Waals surface area contributed by atoms with Gasteiger partial charge in [-0.05, 0) is 56.3 Å². The number of aromatic nitrogens is 3. The zero-order chi connectivity index (χ0) is 22.4. The molecule has 0 aliphatic heterocycles. The van der Waals surface area contributed by atoms with Crippen molar-refractivity contribution in [3.63, 3.8) is 0 Å². The van der Waals surface area contributed by atoms with E-state index in [1.807, 2.05) is 42.7 Å². The van der Waals surface area contributed by atoms with Gasteiger partial charge in [-0.3, -0.25) is 4.79 Å². The maximum Gasteiger partial charge on any atom is 0.234 e. The Bertz CT molecular complexity index is 1050. The fourth-order valence-corrected chi connectivity index (χ4v) is 3.85. The number of hydrogen-bond acceptors (Lipinski definition) is 6. The lowest BCUT2D eigenvalue weighted by atomic mass is 10.3. The second-order valence-electron chi connectivity index (χ2n) is 6.48. The van der Waals surface area contributed by atoms with Crippen LogP contribution in [0, 0.1) is 5.82 Å². The van der Waals surface area contributed by atoms with E-state index in [0.29, 0.717) is 29.0 Å². The van der Waals surface area contributed by atoms with Gasteiger partial charge in [0.25, 0.3) is 0 Å². The maximum absolute atomic E-state index is 13.1. The van der Waals surface area contributed by atoms with Crippen molar-refractivity contribution in [1.29, 1.82) is 0 Å². The molecule has 1 unspecified atom stereocenters. The Labute approximate surface area is 188 Å². The van der Waals surface area contributed by atoms with Crippen molar-refractivity contribution in [2.45, 2.75) is 31.7 Å². The Morgan fingerprint density at radius 2 is 1.94 bits per heavy atom. The quantitative estimate of drug-likeness (QED) is 0.450. The van der Waals surface area contributed by atoms with Crippen LogP contribution in [0.5, 0.6) is 11.5 Å². The number of thioether (sulfide) groups is 1. The molecule has 0 saturated carbocycles. The van der Waals surface area contributed by atoms with E-state index in [9.17, 15) is 9.18 Å². The van der Waals surface area contributed by atoms with E-state index in [1.165, 1.54) is 23.9 Å². The molecule has 10 heteroatoms. The van der Waals surface area contributed by atoms with Gasteiger partial charge in [-0.15, -0.1) is 10.2 Å². The SMILES string of the molecule is CCn1c(SCC(=O)Nc2ccc(F)cc2Cl)nnc1C(C)Oc1ccc(OC)cc1. The average Bonchev–Trinajstić information content (AvgIpc) is 3.18. The minimum absolute atomic E-state index is 0.0968. The number of methoxy groups -OCH3 is 1. The van der Waals surface area contributed by atoms with Crippen LogP contribution in [0.1, 0.15) is 25.8 Å². The Morgan fingerprint density at radius 1 is 1.23 bits per heavy atom. The number of anilines is 1. The number of nitrogens with zero attached hydrogens (tertiary/aromatic N) is 3. The smallest absolute Gasteiger partial charge is 0.234 e. The number of ether oxygens (including phenoxy) is 2. The molecular weight excluding hydrogens is 443 g/mol. The van der Waals surface area contributed by atoms with Crippen molar-refractivity contribution in [2.24, 2.45) is 0 Å². The number of nitrogens with one attached hydrogen (secondary N) is 1. The second kappa shape index (κ2) is 10.5. The first-order valence-electron chi connectivity index (χ1n) is 9.52. The topological polar surface area (TPSA) is 78.3 Å². The highest BCUT2D eigenvalue weighted by atomic mass is 35.5. The van der Waals surface area contributed by atoms with Crippen LogP contribution in [-0.2, 0) is 11.3 Å². The molecule has 0 aliphatic rings. The van der Waals surface area contributed by atoms with Gasteiger partial charge in [0.05, 0.1) is 23.6 Å². The van der Waals surface area contributed by atoms with Crippen LogP contribution in [0.2, 0.25) is 5.02 Å². The Morgan fingerprint density at radius 3 is 2.58 bits per heavy atom. The number of amides is 1. The van der Waals surface area contributed by atoms with Gasteiger partial charge >= 0.3 is 0 Å². The van der Waals surface area contributed by atoms with Gasteiger partial charge < -0.3 is 19.4 Å². The normalized spacial score (nSPS) is 11.8. The lowest BCUT2D eigenvalue weighted by molar-refractivity contribution is -0.113. The summed E-state index contributed by atoms with van der Waals surface area (Å²) >= 11 is 7.20. The van der Waals surface area contributed by atoms with Crippen LogP contribution >= 0.6 is 23.4 Å². The summed E-state index contributed by atoms with van der Waals surface area (Å²) in [5.41, 5.74) is 0.354. The molecule has 1 aromatic heterocycles.